The Balaban J connectivity index is 0. The molecule has 0 spiro atoms. The van der Waals surface area contributed by atoms with Crippen LogP contribution in [0.4, 0.5) is 0 Å². The first-order chi connectivity index (χ1) is 8.06. The molecule has 0 unspecified atom stereocenters. The highest BCUT2D eigenvalue weighted by molar-refractivity contribution is 7.26. The number of hydrogen-bond acceptors (Lipinski definition) is 3. The number of carbonyl (C=O) groups is 1. The van der Waals surface area contributed by atoms with Crippen molar-refractivity contribution in [3.63, 3.8) is 0 Å². The molecule has 0 aromatic carbocycles. The van der Waals surface area contributed by atoms with Crippen molar-refractivity contribution in [2.24, 2.45) is 0 Å². The predicted molar refractivity (Wildman–Crippen MR) is 72.5 cm³/mol. The van der Waals surface area contributed by atoms with Crippen LogP contribution in [-0.4, -0.2) is 24.3 Å². The molecular formula is C12H25O4P. The summed E-state index contributed by atoms with van der Waals surface area (Å²) >= 11 is 0. The fraction of sp³-hybridized carbons (Fsp3) is 0.750. The van der Waals surface area contributed by atoms with Gasteiger partial charge in [-0.05, 0) is 19.8 Å². The zero-order chi connectivity index (χ0) is 13.5. The van der Waals surface area contributed by atoms with Crippen LogP contribution in [0.2, 0.25) is 0 Å². The summed E-state index contributed by atoms with van der Waals surface area (Å²) in [4.78, 5) is 9.60. The van der Waals surface area contributed by atoms with Gasteiger partial charge in [-0.15, -0.1) is 0 Å². The summed E-state index contributed by atoms with van der Waals surface area (Å²) in [5.41, 5.74) is 0.176. The van der Waals surface area contributed by atoms with Gasteiger partial charge in [0.1, 0.15) is 0 Å². The van der Waals surface area contributed by atoms with Crippen LogP contribution in [0.15, 0.2) is 12.2 Å². The first kappa shape index (κ1) is 18.9. The predicted octanol–water partition coefficient (Wildman–Crippen LogP) is 3.78. The Morgan fingerprint density at radius 1 is 1.18 bits per heavy atom. The molecule has 5 heteroatoms. The second kappa shape index (κ2) is 15.6. The van der Waals surface area contributed by atoms with Crippen LogP contribution in [0.1, 0.15) is 46.5 Å². The summed E-state index contributed by atoms with van der Waals surface area (Å²) in [6.45, 7) is 10.6. The van der Waals surface area contributed by atoms with E-state index in [1.807, 2.05) is 0 Å². The van der Waals surface area contributed by atoms with Crippen LogP contribution in [0, 0.1) is 0 Å². The van der Waals surface area contributed by atoms with E-state index in [4.69, 9.17) is 14.2 Å². The lowest BCUT2D eigenvalue weighted by atomic mass is 10.4. The van der Waals surface area contributed by atoms with Crippen LogP contribution in [0.3, 0.4) is 0 Å². The highest BCUT2D eigenvalue weighted by Gasteiger charge is 1.90. The molecule has 17 heavy (non-hydrogen) atoms. The molecule has 0 aromatic rings. The first-order valence-electron chi connectivity index (χ1n) is 5.93. The van der Waals surface area contributed by atoms with Gasteiger partial charge < -0.3 is 14.2 Å². The molecule has 0 fully saturated rings. The standard InChI is InChI=1S/C8H19O2P.C4H6O2/c1-3-5-7-9-11-10-8-6-4-2;1-3(2)4(5)6/h11H,3-8H2,1-2H3;1H2,2H3,(H,5,6). The van der Waals surface area contributed by atoms with Crippen molar-refractivity contribution in [1.82, 2.24) is 0 Å². The van der Waals surface area contributed by atoms with E-state index in [0.717, 1.165) is 26.1 Å². The molecule has 0 saturated heterocycles. The molecule has 0 atom stereocenters. The summed E-state index contributed by atoms with van der Waals surface area (Å²) in [6.07, 6.45) is 4.67. The van der Waals surface area contributed by atoms with Crippen molar-refractivity contribution >= 4 is 15.0 Å². The third-order valence-electron chi connectivity index (χ3n) is 1.68. The normalized spacial score (nSPS) is 9.35. The van der Waals surface area contributed by atoms with Gasteiger partial charge in [-0.3, -0.25) is 0 Å². The third-order valence-corrected chi connectivity index (χ3v) is 2.33. The van der Waals surface area contributed by atoms with Crippen molar-refractivity contribution in [2.75, 3.05) is 13.2 Å². The van der Waals surface area contributed by atoms with Gasteiger partial charge in [-0.1, -0.05) is 33.3 Å². The van der Waals surface area contributed by atoms with Crippen LogP contribution in [-0.2, 0) is 13.8 Å². The van der Waals surface area contributed by atoms with Gasteiger partial charge in [0.2, 0.25) is 0 Å². The Hall–Kier alpha value is -0.440. The molecule has 0 bridgehead atoms. The van der Waals surface area contributed by atoms with Crippen molar-refractivity contribution in [3.8, 4) is 0 Å². The Bertz CT molecular complexity index is 175. The van der Waals surface area contributed by atoms with Crippen LogP contribution in [0.5, 0.6) is 0 Å². The van der Waals surface area contributed by atoms with Crippen molar-refractivity contribution in [2.45, 2.75) is 46.5 Å². The van der Waals surface area contributed by atoms with Crippen LogP contribution >= 0.6 is 9.03 Å². The van der Waals surface area contributed by atoms with E-state index in [0.29, 0.717) is 0 Å². The van der Waals surface area contributed by atoms with Gasteiger partial charge in [-0.2, -0.15) is 0 Å². The zero-order valence-corrected chi connectivity index (χ0v) is 12.1. The molecule has 0 radical (unpaired) electrons. The van der Waals surface area contributed by atoms with Gasteiger partial charge >= 0.3 is 5.97 Å². The molecule has 0 aliphatic rings. The zero-order valence-electron chi connectivity index (χ0n) is 11.1. The summed E-state index contributed by atoms with van der Waals surface area (Å²) < 4.78 is 10.5. The molecule has 0 amide bonds. The number of carboxylic acid groups (broad SMARTS) is 1. The van der Waals surface area contributed by atoms with E-state index in [2.05, 4.69) is 20.4 Å². The van der Waals surface area contributed by atoms with E-state index in [-0.39, 0.29) is 14.6 Å². The highest BCUT2D eigenvalue weighted by Crippen LogP contribution is 2.14. The van der Waals surface area contributed by atoms with Crippen molar-refractivity contribution < 1.29 is 18.9 Å². The summed E-state index contributed by atoms with van der Waals surface area (Å²) in [6, 6.07) is 0. The summed E-state index contributed by atoms with van der Waals surface area (Å²) in [5.74, 6) is -0.935. The lowest BCUT2D eigenvalue weighted by molar-refractivity contribution is -0.132. The van der Waals surface area contributed by atoms with Crippen molar-refractivity contribution in [1.29, 1.82) is 0 Å². The van der Waals surface area contributed by atoms with Gasteiger partial charge in [0.05, 0.1) is 13.2 Å². The minimum atomic E-state index is -0.935. The minimum Gasteiger partial charge on any atom is -0.478 e. The Morgan fingerprint density at radius 3 is 1.76 bits per heavy atom. The maximum Gasteiger partial charge on any atom is 0.330 e. The smallest absolute Gasteiger partial charge is 0.330 e. The number of hydrogen-bond donors (Lipinski definition) is 1. The van der Waals surface area contributed by atoms with E-state index >= 15 is 0 Å². The average Bonchev–Trinajstić information content (AvgIpc) is 2.29. The topological polar surface area (TPSA) is 55.8 Å². The van der Waals surface area contributed by atoms with E-state index in [1.165, 1.54) is 19.8 Å². The molecule has 0 aliphatic carbocycles. The lowest BCUT2D eigenvalue weighted by Crippen LogP contribution is -1.92. The van der Waals surface area contributed by atoms with E-state index < -0.39 is 5.97 Å². The minimum absolute atomic E-state index is 0.176. The molecule has 0 aliphatic heterocycles. The van der Waals surface area contributed by atoms with Crippen LogP contribution < -0.4 is 0 Å². The molecule has 0 saturated carbocycles. The monoisotopic (exact) mass is 264 g/mol. The first-order valence-corrected chi connectivity index (χ1v) is 6.75. The number of unbranched alkanes of at least 4 members (excludes halogenated alkanes) is 2. The second-order valence-corrected chi connectivity index (χ2v) is 4.32. The largest absolute Gasteiger partial charge is 0.478 e. The fourth-order valence-corrected chi connectivity index (χ4v) is 1.10. The average molecular weight is 264 g/mol. The molecule has 0 aromatic heterocycles. The second-order valence-electron chi connectivity index (χ2n) is 3.57. The number of aliphatic carboxylic acids is 1. The maximum atomic E-state index is 9.60. The van der Waals surface area contributed by atoms with Crippen molar-refractivity contribution in [3.05, 3.63) is 12.2 Å². The van der Waals surface area contributed by atoms with Gasteiger partial charge in [0.25, 0.3) is 0 Å². The molecule has 0 heterocycles. The maximum absolute atomic E-state index is 9.60. The molecular weight excluding hydrogens is 239 g/mol. The Labute approximate surface area is 106 Å². The molecule has 102 valence electrons. The van der Waals surface area contributed by atoms with E-state index in [1.54, 1.807) is 0 Å². The quantitative estimate of drug-likeness (QED) is 0.391. The molecule has 0 rings (SSSR count). The SMILES string of the molecule is C=C(C)C(=O)O.CCCCOPOCCCC. The van der Waals surface area contributed by atoms with Gasteiger partial charge in [0.15, 0.2) is 9.03 Å². The Morgan fingerprint density at radius 2 is 1.53 bits per heavy atom. The number of carboxylic acids is 1. The summed E-state index contributed by atoms with van der Waals surface area (Å²) in [5, 5.41) is 7.89. The molecule has 4 nitrogen and oxygen atoms in total. The highest BCUT2D eigenvalue weighted by atomic mass is 31.1. The van der Waals surface area contributed by atoms with E-state index in [9.17, 15) is 4.79 Å². The van der Waals surface area contributed by atoms with Gasteiger partial charge in [-0.25, -0.2) is 4.79 Å². The number of rotatable bonds is 9. The molecule has 1 N–H and O–H groups in total. The fourth-order valence-electron chi connectivity index (χ4n) is 0.558. The van der Waals surface area contributed by atoms with Gasteiger partial charge in [0, 0.05) is 5.57 Å². The lowest BCUT2D eigenvalue weighted by Gasteiger charge is -2.02. The van der Waals surface area contributed by atoms with Crippen LogP contribution in [0.25, 0.3) is 0 Å². The summed E-state index contributed by atoms with van der Waals surface area (Å²) in [7, 11) is 0.252. The third kappa shape index (κ3) is 21.4. The Kier molecular flexibility index (Phi) is 17.3.